The molecule has 33 heteroatoms. The number of aliphatic hydroxyl groups excluding tert-OH is 19. The van der Waals surface area contributed by atoms with E-state index in [2.05, 4.69) is 54.5 Å². The Kier molecular flexibility index (Phi) is 23.1. The number of allylic oxidation sites excluding steroid dienone is 2. The molecule has 7 heterocycles. The standard InChI is InChI=1S/C69H112O33/c1-25-36(74)41(79)46(84)58(92-25)100-55-44(82)40(78)31(21-70)94-62(55)98-52-49(87)54(53-43(81)38(76)29(72)23-90-53)99-60(50(52)88)101-56-48(86)51(97-57-45(83)39(77)30(73)24-91-57)32(22-71)95-61(56)96-35-13-14-66(7)33(65(35,5)6)12-15-68(9)34(66)11-10-27-28-20-64(3,4)16-18-69(28,19-17-67(27,68)8)63(89)102-59-47(85)42(80)37(75)26(2)93-59/h10,25-26,28-62,70-88H,11-24H2,1-9H3. The zero-order chi connectivity index (χ0) is 74.3. The van der Waals surface area contributed by atoms with Crippen LogP contribution in [0.5, 0.6) is 0 Å². The van der Waals surface area contributed by atoms with Crippen molar-refractivity contribution in [2.75, 3.05) is 26.4 Å². The summed E-state index contributed by atoms with van der Waals surface area (Å²) in [6, 6.07) is 0. The van der Waals surface area contributed by atoms with E-state index in [1.807, 2.05) is 0 Å². The second kappa shape index (κ2) is 29.7. The number of hydrogen-bond acceptors (Lipinski definition) is 33. The third kappa shape index (κ3) is 13.5. The van der Waals surface area contributed by atoms with E-state index in [0.717, 1.165) is 12.8 Å². The quantitative estimate of drug-likeness (QED) is 0.0414. The van der Waals surface area contributed by atoms with Gasteiger partial charge in [-0.1, -0.05) is 60.1 Å². The molecule has 0 bridgehead atoms. The van der Waals surface area contributed by atoms with E-state index in [1.54, 1.807) is 0 Å². The molecule has 41 atom stereocenters. The second-order valence-electron chi connectivity index (χ2n) is 33.5. The molecule has 33 nitrogen and oxygen atoms in total. The van der Waals surface area contributed by atoms with Crippen molar-refractivity contribution in [3.63, 3.8) is 0 Å². The Morgan fingerprint density at radius 1 is 0.451 bits per heavy atom. The van der Waals surface area contributed by atoms with Gasteiger partial charge in [-0.15, -0.1) is 0 Å². The molecular weight excluding hydrogens is 1360 g/mol. The second-order valence-corrected chi connectivity index (χ2v) is 33.5. The van der Waals surface area contributed by atoms with Crippen LogP contribution in [0.2, 0.25) is 0 Å². The lowest BCUT2D eigenvalue weighted by Gasteiger charge is -2.71. The van der Waals surface area contributed by atoms with Gasteiger partial charge < -0.3 is 159 Å². The highest BCUT2D eigenvalue weighted by atomic mass is 16.8. The fourth-order valence-electron chi connectivity index (χ4n) is 20.3. The van der Waals surface area contributed by atoms with Crippen molar-refractivity contribution in [1.82, 2.24) is 0 Å². The molecule has 41 unspecified atom stereocenters. The number of ether oxygens (including phenoxy) is 13. The molecule has 11 fully saturated rings. The Morgan fingerprint density at radius 3 is 1.64 bits per heavy atom. The minimum atomic E-state index is -2.32. The zero-order valence-electron chi connectivity index (χ0n) is 59.1. The lowest BCUT2D eigenvalue weighted by Crippen LogP contribution is -2.70. The molecule has 4 saturated carbocycles. The minimum Gasteiger partial charge on any atom is -0.432 e. The van der Waals surface area contributed by atoms with E-state index in [-0.39, 0.29) is 34.0 Å². The largest absolute Gasteiger partial charge is 0.432 e. The average Bonchev–Trinajstić information content (AvgIpc) is 0.675. The SMILES string of the molecule is CC1OC(OC(=O)C23CCC(C)(C)CC2C2=CCC4C5(C)CCC(OC6OC(CO)C(OC7OCC(O)C(O)C7O)C(O)C6OC6OC(C7OCC(O)C(O)C7O)C(O)C(OC7OC(CO)C(O)C(O)C7OC7OC(C)C(O)C(O)C7O)C6O)C(C)(C)C5CCC4(C)C2(C)CC3)C(O)C(O)C1O. The van der Waals surface area contributed by atoms with Crippen molar-refractivity contribution in [2.45, 2.75) is 335 Å². The number of carbonyl (C=O) groups is 1. The Bertz CT molecular complexity index is 2920. The van der Waals surface area contributed by atoms with Gasteiger partial charge in [0.2, 0.25) is 6.29 Å². The van der Waals surface area contributed by atoms with Crippen molar-refractivity contribution >= 4 is 5.97 Å². The normalized spacial score (nSPS) is 55.5. The highest BCUT2D eigenvalue weighted by Crippen LogP contribution is 2.76. The Labute approximate surface area is 591 Å². The molecule has 5 aliphatic carbocycles. The lowest BCUT2D eigenvalue weighted by molar-refractivity contribution is -0.411. The highest BCUT2D eigenvalue weighted by molar-refractivity contribution is 5.79. The fourth-order valence-corrected chi connectivity index (χ4v) is 20.3. The van der Waals surface area contributed by atoms with Crippen molar-refractivity contribution in [1.29, 1.82) is 0 Å². The van der Waals surface area contributed by atoms with Gasteiger partial charge in [0.1, 0.15) is 153 Å². The molecule has 7 aliphatic heterocycles. The van der Waals surface area contributed by atoms with Crippen LogP contribution in [0.25, 0.3) is 0 Å². The number of esters is 1. The summed E-state index contributed by atoms with van der Waals surface area (Å²) in [7, 11) is 0. The van der Waals surface area contributed by atoms with Crippen molar-refractivity contribution in [3.8, 4) is 0 Å². The van der Waals surface area contributed by atoms with Crippen LogP contribution >= 0.6 is 0 Å². The van der Waals surface area contributed by atoms with Crippen LogP contribution in [0.1, 0.15) is 127 Å². The first-order valence-electron chi connectivity index (χ1n) is 36.3. The molecule has 0 aromatic carbocycles. The van der Waals surface area contributed by atoms with Gasteiger partial charge in [0, 0.05) is 0 Å². The maximum absolute atomic E-state index is 15.0. The van der Waals surface area contributed by atoms with Gasteiger partial charge in [-0.2, -0.15) is 0 Å². The Balaban J connectivity index is 0.848. The average molecular weight is 1470 g/mol. The summed E-state index contributed by atoms with van der Waals surface area (Å²) in [6.07, 6.45) is -52.2. The van der Waals surface area contributed by atoms with Crippen molar-refractivity contribution in [2.24, 2.45) is 50.2 Å². The number of hydrogen-bond donors (Lipinski definition) is 19. The fraction of sp³-hybridized carbons (Fsp3) is 0.957. The van der Waals surface area contributed by atoms with Gasteiger partial charge in [0.25, 0.3) is 0 Å². The van der Waals surface area contributed by atoms with E-state index in [0.29, 0.717) is 51.4 Å². The molecule has 0 amide bonds. The predicted octanol–water partition coefficient (Wildman–Crippen LogP) is -5.20. The summed E-state index contributed by atoms with van der Waals surface area (Å²) in [5.74, 6) is -0.699. The third-order valence-corrected chi connectivity index (χ3v) is 26.8. The zero-order valence-corrected chi connectivity index (χ0v) is 59.1. The summed E-state index contributed by atoms with van der Waals surface area (Å²) in [5, 5.41) is 212. The number of aliphatic hydroxyl groups is 19. The first-order chi connectivity index (χ1) is 47.8. The Hall–Kier alpha value is -2.03. The van der Waals surface area contributed by atoms with Gasteiger partial charge in [-0.05, 0) is 123 Å². The smallest absolute Gasteiger partial charge is 0.315 e. The van der Waals surface area contributed by atoms with Crippen LogP contribution in [0, 0.1) is 50.2 Å². The predicted molar refractivity (Wildman–Crippen MR) is 340 cm³/mol. The van der Waals surface area contributed by atoms with Crippen LogP contribution in [-0.2, 0) is 66.4 Å². The van der Waals surface area contributed by atoms with Gasteiger partial charge >= 0.3 is 5.97 Å². The van der Waals surface area contributed by atoms with Gasteiger partial charge in [0.05, 0.1) is 50.2 Å². The molecule has 12 aliphatic rings. The first kappa shape index (κ1) is 79.5. The Morgan fingerprint density at radius 2 is 0.990 bits per heavy atom. The highest BCUT2D eigenvalue weighted by Gasteiger charge is 2.71. The third-order valence-electron chi connectivity index (χ3n) is 26.8. The molecular formula is C69H112O33. The molecule has 0 spiro atoms. The first-order valence-corrected chi connectivity index (χ1v) is 36.3. The molecule has 102 heavy (non-hydrogen) atoms. The van der Waals surface area contributed by atoms with E-state index >= 15 is 0 Å². The monoisotopic (exact) mass is 1470 g/mol. The van der Waals surface area contributed by atoms with Crippen LogP contribution < -0.4 is 0 Å². The summed E-state index contributed by atoms with van der Waals surface area (Å²) < 4.78 is 79.9. The van der Waals surface area contributed by atoms with Gasteiger partial charge in [-0.3, -0.25) is 4.79 Å². The number of rotatable bonds is 15. The number of fused-ring (bicyclic) bond motifs is 7. The van der Waals surface area contributed by atoms with E-state index < -0.39 is 257 Å². The molecule has 0 radical (unpaired) electrons. The van der Waals surface area contributed by atoms with Gasteiger partial charge in [0.15, 0.2) is 31.5 Å². The summed E-state index contributed by atoms with van der Waals surface area (Å²) in [4.78, 5) is 15.0. The molecule has 0 aromatic rings. The van der Waals surface area contributed by atoms with E-state index in [9.17, 15) is 102 Å². The van der Waals surface area contributed by atoms with Crippen molar-refractivity contribution < 1.29 is 163 Å². The molecule has 0 aromatic heterocycles. The molecule has 7 saturated heterocycles. The molecule has 19 N–H and O–H groups in total. The summed E-state index contributed by atoms with van der Waals surface area (Å²) in [6.45, 7) is 15.4. The van der Waals surface area contributed by atoms with Crippen LogP contribution in [0.4, 0.5) is 0 Å². The van der Waals surface area contributed by atoms with Crippen LogP contribution in [0.15, 0.2) is 11.6 Å². The van der Waals surface area contributed by atoms with E-state index in [1.165, 1.54) is 19.4 Å². The van der Waals surface area contributed by atoms with E-state index in [4.69, 9.17) is 61.6 Å². The van der Waals surface area contributed by atoms with Crippen LogP contribution in [0.3, 0.4) is 0 Å². The van der Waals surface area contributed by atoms with Gasteiger partial charge in [-0.25, -0.2) is 0 Å². The molecule has 586 valence electrons. The topological polar surface area (TPSA) is 521 Å². The maximum Gasteiger partial charge on any atom is 0.315 e. The molecule has 12 rings (SSSR count). The van der Waals surface area contributed by atoms with Crippen LogP contribution in [-0.4, -0.2) is 338 Å². The summed E-state index contributed by atoms with van der Waals surface area (Å²) >= 11 is 0. The minimum absolute atomic E-state index is 0.0681. The summed E-state index contributed by atoms with van der Waals surface area (Å²) in [5.41, 5.74) is -1.71. The lowest BCUT2D eigenvalue weighted by atomic mass is 9.33. The maximum atomic E-state index is 15.0. The number of carbonyl (C=O) groups excluding carboxylic acids is 1. The van der Waals surface area contributed by atoms with Crippen molar-refractivity contribution in [3.05, 3.63) is 11.6 Å².